The number of hydrogen-bond donors (Lipinski definition) is 1. The molecule has 3 rings (SSSR count). The van der Waals surface area contributed by atoms with Gasteiger partial charge < -0.3 is 4.57 Å². The number of benzene rings is 1. The van der Waals surface area contributed by atoms with Crippen molar-refractivity contribution in [1.29, 1.82) is 0 Å². The first-order chi connectivity index (χ1) is 10.1. The maximum absolute atomic E-state index is 12.2. The highest BCUT2D eigenvalue weighted by Crippen LogP contribution is 2.28. The molecule has 21 heavy (non-hydrogen) atoms. The smallest absolute Gasteiger partial charge is 0.249 e. The van der Waals surface area contributed by atoms with Crippen LogP contribution in [0.2, 0.25) is 0 Å². The van der Waals surface area contributed by atoms with Gasteiger partial charge in [-0.3, -0.25) is 14.9 Å². The first-order valence-electron chi connectivity index (χ1n) is 6.98. The number of para-hydroxylation sites is 1. The second-order valence-corrected chi connectivity index (χ2v) is 5.62. The Balaban J connectivity index is 2.17. The zero-order chi connectivity index (χ0) is 15.0. The fraction of sp³-hybridized carbons (Fsp3) is 0.400. The average molecular weight is 306 g/mol. The molecule has 1 fully saturated rings. The zero-order valence-corrected chi connectivity index (χ0v) is 12.5. The van der Waals surface area contributed by atoms with Gasteiger partial charge in [-0.05, 0) is 25.0 Å². The third-order valence-electron chi connectivity index (χ3n) is 3.82. The predicted molar refractivity (Wildman–Crippen MR) is 80.3 cm³/mol. The van der Waals surface area contributed by atoms with E-state index in [-0.39, 0.29) is 11.8 Å². The highest BCUT2D eigenvalue weighted by atomic mass is 35.5. The van der Waals surface area contributed by atoms with Crippen LogP contribution in [-0.2, 0) is 16.0 Å². The van der Waals surface area contributed by atoms with E-state index in [0.29, 0.717) is 25.1 Å². The van der Waals surface area contributed by atoms with E-state index in [9.17, 15) is 9.59 Å². The molecule has 1 N–H and O–H groups in total. The number of nitrogens with zero attached hydrogens (tertiary/aromatic N) is 2. The van der Waals surface area contributed by atoms with E-state index in [4.69, 9.17) is 11.6 Å². The molecule has 110 valence electrons. The summed E-state index contributed by atoms with van der Waals surface area (Å²) in [6, 6.07) is 5.48. The van der Waals surface area contributed by atoms with Gasteiger partial charge in [-0.25, -0.2) is 4.98 Å². The Hall–Kier alpha value is -1.88. The second kappa shape index (κ2) is 5.48. The fourth-order valence-electron chi connectivity index (χ4n) is 2.89. The van der Waals surface area contributed by atoms with Crippen LogP contribution in [0.5, 0.6) is 0 Å². The van der Waals surface area contributed by atoms with Gasteiger partial charge in [0.2, 0.25) is 11.8 Å². The number of aryl methyl sites for hydroxylation is 2. The van der Waals surface area contributed by atoms with Crippen molar-refractivity contribution in [3.05, 3.63) is 29.6 Å². The van der Waals surface area contributed by atoms with E-state index in [0.717, 1.165) is 22.4 Å². The molecule has 1 aliphatic heterocycles. The summed E-state index contributed by atoms with van der Waals surface area (Å²) in [4.78, 5) is 28.2. The number of amides is 2. The van der Waals surface area contributed by atoms with Crippen LogP contribution in [0, 0.1) is 6.92 Å². The maximum atomic E-state index is 12.2. The number of fused-ring (bicyclic) bond motifs is 1. The molecule has 5 nitrogen and oxygen atoms in total. The monoisotopic (exact) mass is 305 g/mol. The first-order valence-corrected chi connectivity index (χ1v) is 7.51. The Morgan fingerprint density at radius 2 is 2.24 bits per heavy atom. The van der Waals surface area contributed by atoms with Gasteiger partial charge in [0.1, 0.15) is 11.9 Å². The summed E-state index contributed by atoms with van der Waals surface area (Å²) in [6.07, 6.45) is 1.44. The van der Waals surface area contributed by atoms with Crippen molar-refractivity contribution in [2.24, 2.45) is 0 Å². The predicted octanol–water partition coefficient (Wildman–Crippen LogP) is 2.10. The normalized spacial score (nSPS) is 19.0. The molecular weight excluding hydrogens is 290 g/mol. The van der Waals surface area contributed by atoms with E-state index in [1.165, 1.54) is 0 Å². The molecule has 1 unspecified atom stereocenters. The molecule has 0 radical (unpaired) electrons. The van der Waals surface area contributed by atoms with E-state index in [2.05, 4.69) is 10.3 Å². The quantitative estimate of drug-likeness (QED) is 0.698. The highest BCUT2D eigenvalue weighted by Gasteiger charge is 2.31. The minimum Gasteiger partial charge on any atom is -0.315 e. The third kappa shape index (κ3) is 2.42. The van der Waals surface area contributed by atoms with Crippen molar-refractivity contribution in [2.75, 3.05) is 5.88 Å². The molecule has 1 aromatic carbocycles. The zero-order valence-electron chi connectivity index (χ0n) is 11.7. The van der Waals surface area contributed by atoms with Gasteiger partial charge in [-0.2, -0.15) is 0 Å². The third-order valence-corrected chi connectivity index (χ3v) is 4.01. The largest absolute Gasteiger partial charge is 0.315 e. The Morgan fingerprint density at radius 1 is 1.43 bits per heavy atom. The van der Waals surface area contributed by atoms with Crippen LogP contribution in [0.25, 0.3) is 11.0 Å². The standard InChI is InChI=1S/C15H16ClN3O2/c1-9-3-2-4-10-14(9)19(12(17-10)7-8-16)11-5-6-13(20)18-15(11)21/h2-4,11H,5-8H2,1H3,(H,18,20,21). The maximum Gasteiger partial charge on any atom is 0.249 e. The lowest BCUT2D eigenvalue weighted by molar-refractivity contribution is -0.135. The first kappa shape index (κ1) is 14.1. The van der Waals surface area contributed by atoms with E-state index in [1.807, 2.05) is 29.7 Å². The molecule has 1 aliphatic rings. The summed E-state index contributed by atoms with van der Waals surface area (Å²) in [5.74, 6) is 0.764. The molecule has 2 aromatic rings. The molecule has 6 heteroatoms. The molecule has 0 saturated carbocycles. The lowest BCUT2D eigenvalue weighted by atomic mass is 10.0. The van der Waals surface area contributed by atoms with Crippen molar-refractivity contribution >= 4 is 34.4 Å². The lowest BCUT2D eigenvalue weighted by Crippen LogP contribution is -2.42. The second-order valence-electron chi connectivity index (χ2n) is 5.25. The van der Waals surface area contributed by atoms with Crippen LogP contribution in [0.1, 0.15) is 30.3 Å². The van der Waals surface area contributed by atoms with Gasteiger partial charge in [-0.15, -0.1) is 11.6 Å². The SMILES string of the molecule is Cc1cccc2nc(CCCl)n(C3CCC(=O)NC3=O)c12. The number of imidazole rings is 1. The minimum absolute atomic E-state index is 0.212. The summed E-state index contributed by atoms with van der Waals surface area (Å²) in [5, 5.41) is 2.41. The Labute approximate surface area is 127 Å². The van der Waals surface area contributed by atoms with Crippen LogP contribution < -0.4 is 5.32 Å². The summed E-state index contributed by atoms with van der Waals surface area (Å²) < 4.78 is 1.95. The van der Waals surface area contributed by atoms with Crippen LogP contribution in [0.4, 0.5) is 0 Å². The van der Waals surface area contributed by atoms with Crippen molar-refractivity contribution in [2.45, 2.75) is 32.2 Å². The number of alkyl halides is 1. The summed E-state index contributed by atoms with van der Waals surface area (Å²) in [7, 11) is 0. The summed E-state index contributed by atoms with van der Waals surface area (Å²) in [6.45, 7) is 2.00. The highest BCUT2D eigenvalue weighted by molar-refractivity contribution is 6.18. The number of nitrogens with one attached hydrogen (secondary N) is 1. The Kier molecular flexibility index (Phi) is 3.68. The Morgan fingerprint density at radius 3 is 2.95 bits per heavy atom. The van der Waals surface area contributed by atoms with Crippen LogP contribution in [0.15, 0.2) is 18.2 Å². The average Bonchev–Trinajstić information content (AvgIpc) is 2.79. The van der Waals surface area contributed by atoms with Crippen molar-refractivity contribution < 1.29 is 9.59 Å². The number of aromatic nitrogens is 2. The van der Waals surface area contributed by atoms with Crippen molar-refractivity contribution in [3.8, 4) is 0 Å². The molecule has 2 heterocycles. The molecule has 1 saturated heterocycles. The number of imide groups is 1. The van der Waals surface area contributed by atoms with Crippen LogP contribution >= 0.6 is 11.6 Å². The number of rotatable bonds is 3. The Bertz CT molecular complexity index is 723. The minimum atomic E-state index is -0.396. The van der Waals surface area contributed by atoms with Gasteiger partial charge >= 0.3 is 0 Å². The molecule has 0 bridgehead atoms. The molecule has 2 amide bonds. The van der Waals surface area contributed by atoms with Crippen LogP contribution in [0.3, 0.4) is 0 Å². The fourth-order valence-corrected chi connectivity index (χ4v) is 3.06. The summed E-state index contributed by atoms with van der Waals surface area (Å²) in [5.41, 5.74) is 2.87. The van der Waals surface area contributed by atoms with E-state index >= 15 is 0 Å². The molecule has 1 aromatic heterocycles. The van der Waals surface area contributed by atoms with E-state index < -0.39 is 6.04 Å². The number of carbonyl (C=O) groups is 2. The number of carbonyl (C=O) groups excluding carboxylic acids is 2. The van der Waals surface area contributed by atoms with Gasteiger partial charge in [0.05, 0.1) is 11.0 Å². The molecule has 1 atom stereocenters. The van der Waals surface area contributed by atoms with Gasteiger partial charge in [0.15, 0.2) is 0 Å². The number of halogens is 1. The van der Waals surface area contributed by atoms with Gasteiger partial charge in [0.25, 0.3) is 0 Å². The van der Waals surface area contributed by atoms with E-state index in [1.54, 1.807) is 0 Å². The van der Waals surface area contributed by atoms with Crippen molar-refractivity contribution in [1.82, 2.24) is 14.9 Å². The molecular formula is C15H16ClN3O2. The number of piperidine rings is 1. The van der Waals surface area contributed by atoms with Gasteiger partial charge in [-0.1, -0.05) is 12.1 Å². The van der Waals surface area contributed by atoms with Crippen LogP contribution in [-0.4, -0.2) is 27.2 Å². The topological polar surface area (TPSA) is 64.0 Å². The molecule has 0 aliphatic carbocycles. The molecule has 0 spiro atoms. The lowest BCUT2D eigenvalue weighted by Gasteiger charge is -2.24. The van der Waals surface area contributed by atoms with Crippen molar-refractivity contribution in [3.63, 3.8) is 0 Å². The summed E-state index contributed by atoms with van der Waals surface area (Å²) >= 11 is 5.87. The number of hydrogen-bond acceptors (Lipinski definition) is 3. The van der Waals surface area contributed by atoms with Gasteiger partial charge in [0, 0.05) is 18.7 Å².